The molecule has 2 heteroatoms. The SMILES string of the molecule is Cc1ccc(N(c2ccc(C(C)(C)C)cc2)c2c3ccc(C45CC6CC(CC(C6)C4)C5)cc3c(N(c3ccc(C)cc3)c3ccc(C(C)(C)C)cc3)c3ccc(C45CC6CC(CC(C6)C4)C5)cc23)cc1. The Labute approximate surface area is 419 Å². The molecular weight excluding hydrogens is 845 g/mol. The number of hydrogen-bond acceptors (Lipinski definition) is 2. The van der Waals surface area contributed by atoms with Gasteiger partial charge in [-0.25, -0.2) is 0 Å². The molecule has 0 amide bonds. The topological polar surface area (TPSA) is 6.48 Å². The molecule has 7 aromatic carbocycles. The summed E-state index contributed by atoms with van der Waals surface area (Å²) >= 11 is 0. The first-order valence-corrected chi connectivity index (χ1v) is 27.6. The van der Waals surface area contributed by atoms with Crippen LogP contribution in [0.15, 0.2) is 133 Å². The molecule has 0 atom stereocenters. The monoisotopic (exact) mass is 921 g/mol. The van der Waals surface area contributed by atoms with E-state index in [0.717, 1.165) is 35.5 Å². The van der Waals surface area contributed by atoms with E-state index in [1.807, 2.05) is 0 Å². The van der Waals surface area contributed by atoms with Crippen LogP contribution in [0.25, 0.3) is 21.5 Å². The van der Waals surface area contributed by atoms with Crippen molar-refractivity contribution in [2.45, 2.75) is 154 Å². The number of fused-ring (bicyclic) bond motifs is 2. The minimum atomic E-state index is 0.0548. The fourth-order valence-electron chi connectivity index (χ4n) is 16.7. The van der Waals surface area contributed by atoms with Crippen LogP contribution in [0.4, 0.5) is 34.1 Å². The minimum absolute atomic E-state index is 0.0548. The summed E-state index contributed by atoms with van der Waals surface area (Å²) in [4.78, 5) is 5.31. The highest BCUT2D eigenvalue weighted by molar-refractivity contribution is 6.23. The smallest absolute Gasteiger partial charge is 0.0620 e. The first-order chi connectivity index (χ1) is 33.6. The van der Waals surface area contributed by atoms with Crippen LogP contribution in [0.1, 0.15) is 152 Å². The Morgan fingerprint density at radius 3 is 0.886 bits per heavy atom. The fraction of sp³-hybridized carbons (Fsp3) is 0.441. The molecule has 15 rings (SSSR count). The molecule has 0 saturated heterocycles. The van der Waals surface area contributed by atoms with E-state index in [9.17, 15) is 0 Å². The number of anilines is 6. The van der Waals surface area contributed by atoms with Crippen LogP contribution in [0.2, 0.25) is 0 Å². The first-order valence-electron chi connectivity index (χ1n) is 27.6. The van der Waals surface area contributed by atoms with Crippen LogP contribution in [0.5, 0.6) is 0 Å². The molecule has 8 aliphatic rings. The molecule has 0 spiro atoms. The van der Waals surface area contributed by atoms with Crippen molar-refractivity contribution < 1.29 is 0 Å². The third-order valence-electron chi connectivity index (χ3n) is 19.4. The number of aryl methyl sites for hydroxylation is 2. The molecule has 70 heavy (non-hydrogen) atoms. The number of nitrogens with zero attached hydrogens (tertiary/aromatic N) is 2. The predicted octanol–water partition coefficient (Wildman–Crippen LogP) is 19.1. The summed E-state index contributed by atoms with van der Waals surface area (Å²) in [6, 6.07) is 53.9. The lowest BCUT2D eigenvalue weighted by atomic mass is 9.48. The molecule has 0 aliphatic heterocycles. The minimum Gasteiger partial charge on any atom is -0.309 e. The first kappa shape index (κ1) is 44.6. The van der Waals surface area contributed by atoms with Gasteiger partial charge in [0.2, 0.25) is 0 Å². The van der Waals surface area contributed by atoms with E-state index in [-0.39, 0.29) is 21.7 Å². The van der Waals surface area contributed by atoms with Crippen molar-refractivity contribution in [2.75, 3.05) is 9.80 Å². The van der Waals surface area contributed by atoms with Gasteiger partial charge in [-0.3, -0.25) is 0 Å². The van der Waals surface area contributed by atoms with E-state index in [1.165, 1.54) is 155 Å². The second-order valence-electron chi connectivity index (χ2n) is 26.5. The maximum absolute atomic E-state index is 2.74. The molecule has 8 fully saturated rings. The van der Waals surface area contributed by atoms with Crippen molar-refractivity contribution in [3.63, 3.8) is 0 Å². The van der Waals surface area contributed by atoms with Crippen LogP contribution in [-0.4, -0.2) is 0 Å². The summed E-state index contributed by atoms with van der Waals surface area (Å²) in [5, 5.41) is 5.40. The summed E-state index contributed by atoms with van der Waals surface area (Å²) in [7, 11) is 0. The molecule has 2 nitrogen and oxygen atoms in total. The van der Waals surface area contributed by atoms with Gasteiger partial charge in [-0.05, 0) is 231 Å². The van der Waals surface area contributed by atoms with Crippen LogP contribution in [0.3, 0.4) is 0 Å². The lowest BCUT2D eigenvalue weighted by Crippen LogP contribution is -2.48. The standard InChI is InChI=1S/C68H76N2/c1-43-9-19-55(20-10-43)69(57-23-13-51(14-24-57)65(3,4)5)63-59-27-17-54(68-40-48-32-49(41-68)34-50(33-48)42-68)36-62(59)64(70(56-21-11-44(2)12-22-56)58-25-15-52(16-26-58)66(6,7)8)60-28-18-53(35-61(60)63)67-37-45-29-46(38-67)31-47(30-45)39-67/h9-28,35-36,45-50H,29-34,37-42H2,1-8H3. The summed E-state index contributed by atoms with van der Waals surface area (Å²) in [6.45, 7) is 18.5. The van der Waals surface area contributed by atoms with E-state index in [1.54, 1.807) is 11.1 Å². The second kappa shape index (κ2) is 16.1. The van der Waals surface area contributed by atoms with E-state index in [0.29, 0.717) is 0 Å². The highest BCUT2D eigenvalue weighted by Gasteiger charge is 2.53. The Hall–Kier alpha value is -5.34. The van der Waals surface area contributed by atoms with Gasteiger partial charge in [0, 0.05) is 44.3 Å². The summed E-state index contributed by atoms with van der Waals surface area (Å²) in [5.74, 6) is 5.22. The van der Waals surface area contributed by atoms with Gasteiger partial charge in [0.15, 0.2) is 0 Å². The molecule has 0 radical (unpaired) electrons. The Kier molecular flexibility index (Phi) is 10.2. The van der Waals surface area contributed by atoms with Crippen LogP contribution < -0.4 is 9.80 Å². The molecule has 0 N–H and O–H groups in total. The van der Waals surface area contributed by atoms with Crippen molar-refractivity contribution in [3.8, 4) is 0 Å². The zero-order valence-electron chi connectivity index (χ0n) is 43.5. The van der Waals surface area contributed by atoms with Crippen molar-refractivity contribution in [3.05, 3.63) is 167 Å². The normalized spacial score (nSPS) is 27.7. The Morgan fingerprint density at radius 2 is 0.614 bits per heavy atom. The van der Waals surface area contributed by atoms with Crippen molar-refractivity contribution in [2.24, 2.45) is 35.5 Å². The number of rotatable bonds is 8. The van der Waals surface area contributed by atoms with E-state index >= 15 is 0 Å². The summed E-state index contributed by atoms with van der Waals surface area (Å²) < 4.78 is 0. The highest BCUT2D eigenvalue weighted by Crippen LogP contribution is 2.64. The van der Waals surface area contributed by atoms with Gasteiger partial charge in [0.1, 0.15) is 0 Å². The van der Waals surface area contributed by atoms with Gasteiger partial charge in [-0.1, -0.05) is 125 Å². The number of hydrogen-bond donors (Lipinski definition) is 0. The molecule has 7 aromatic rings. The lowest BCUT2D eigenvalue weighted by molar-refractivity contribution is -0.00525. The molecule has 0 aromatic heterocycles. The van der Waals surface area contributed by atoms with Crippen molar-refractivity contribution in [1.29, 1.82) is 0 Å². The molecule has 8 saturated carbocycles. The van der Waals surface area contributed by atoms with Gasteiger partial charge in [-0.2, -0.15) is 0 Å². The Morgan fingerprint density at radius 1 is 0.343 bits per heavy atom. The molecule has 0 unspecified atom stereocenters. The molecule has 8 bridgehead atoms. The molecule has 358 valence electrons. The zero-order chi connectivity index (χ0) is 47.9. The van der Waals surface area contributed by atoms with Gasteiger partial charge in [0.25, 0.3) is 0 Å². The fourth-order valence-corrected chi connectivity index (χ4v) is 16.7. The van der Waals surface area contributed by atoms with E-state index in [4.69, 9.17) is 0 Å². The molecule has 0 heterocycles. The van der Waals surface area contributed by atoms with Crippen LogP contribution in [-0.2, 0) is 21.7 Å². The lowest BCUT2D eigenvalue weighted by Gasteiger charge is -2.57. The third-order valence-corrected chi connectivity index (χ3v) is 19.4. The molecular formula is C68H76N2. The predicted molar refractivity (Wildman–Crippen MR) is 297 cm³/mol. The quantitative estimate of drug-likeness (QED) is 0.111. The van der Waals surface area contributed by atoms with Crippen molar-refractivity contribution >= 4 is 55.7 Å². The molecule has 8 aliphatic carbocycles. The Balaban J connectivity index is 1.15. The maximum atomic E-state index is 2.74. The van der Waals surface area contributed by atoms with Crippen LogP contribution >= 0.6 is 0 Å². The third kappa shape index (κ3) is 7.46. The van der Waals surface area contributed by atoms with E-state index < -0.39 is 0 Å². The second-order valence-corrected chi connectivity index (χ2v) is 26.5. The maximum Gasteiger partial charge on any atom is 0.0620 e. The highest BCUT2D eigenvalue weighted by atomic mass is 15.2. The largest absolute Gasteiger partial charge is 0.309 e. The average Bonchev–Trinajstić information content (AvgIpc) is 3.32. The van der Waals surface area contributed by atoms with Gasteiger partial charge >= 0.3 is 0 Å². The van der Waals surface area contributed by atoms with Crippen LogP contribution in [0, 0.1) is 49.4 Å². The van der Waals surface area contributed by atoms with Gasteiger partial charge < -0.3 is 9.80 Å². The average molecular weight is 921 g/mol. The summed E-state index contributed by atoms with van der Waals surface area (Å²) in [5.41, 5.74) is 16.6. The van der Waals surface area contributed by atoms with Gasteiger partial charge in [0.05, 0.1) is 11.4 Å². The number of benzene rings is 7. The van der Waals surface area contributed by atoms with E-state index in [2.05, 4.69) is 199 Å². The van der Waals surface area contributed by atoms with Crippen molar-refractivity contribution in [1.82, 2.24) is 0 Å². The zero-order valence-corrected chi connectivity index (χ0v) is 43.5. The Bertz CT molecular complexity index is 2830. The van der Waals surface area contributed by atoms with Gasteiger partial charge in [-0.15, -0.1) is 0 Å². The summed E-state index contributed by atoms with van der Waals surface area (Å²) in [6.07, 6.45) is 16.8.